The smallest absolute Gasteiger partial charge is 0.310 e. The molecule has 0 bridgehead atoms. The number of carbonyl (C=O) groups excluding carboxylic acids is 1. The summed E-state index contributed by atoms with van der Waals surface area (Å²) in [5.74, 6) is -1.22. The van der Waals surface area contributed by atoms with E-state index in [1.165, 1.54) is 0 Å². The highest BCUT2D eigenvalue weighted by Gasteiger charge is 2.04. The first-order valence-corrected chi connectivity index (χ1v) is 4.90. The molecule has 0 atom stereocenters. The van der Waals surface area contributed by atoms with Crippen molar-refractivity contribution in [1.82, 2.24) is 0 Å². The molecule has 0 radical (unpaired) electrons. The van der Waals surface area contributed by atoms with Crippen LogP contribution < -0.4 is 0 Å². The first-order chi connectivity index (χ1) is 7.16. The zero-order chi connectivity index (χ0) is 11.5. The van der Waals surface area contributed by atoms with E-state index in [1.807, 2.05) is 43.3 Å². The Hall–Kier alpha value is -1.29. The van der Waals surface area contributed by atoms with Gasteiger partial charge in [0, 0.05) is 6.42 Å². The number of benzene rings is 1. The fraction of sp³-hybridized carbons (Fsp3) is 0.333. The quantitative estimate of drug-likeness (QED) is 0.826. The van der Waals surface area contributed by atoms with E-state index in [9.17, 15) is 9.59 Å². The van der Waals surface area contributed by atoms with Crippen LogP contribution in [0.3, 0.4) is 0 Å². The Kier molecular flexibility index (Phi) is 12.6. The monoisotopic (exact) mass is 242 g/mol. The summed E-state index contributed by atoms with van der Waals surface area (Å²) in [5.41, 5.74) is 0. The van der Waals surface area contributed by atoms with Crippen molar-refractivity contribution in [3.05, 3.63) is 36.4 Å². The summed E-state index contributed by atoms with van der Waals surface area (Å²) < 4.78 is 0. The molecular formula is C12H18O3S. The largest absolute Gasteiger partial charge is 0.481 e. The summed E-state index contributed by atoms with van der Waals surface area (Å²) in [5, 5.41) is 8.09. The van der Waals surface area contributed by atoms with E-state index in [4.69, 9.17) is 5.11 Å². The minimum atomic E-state index is -1.03. The summed E-state index contributed by atoms with van der Waals surface area (Å²) in [4.78, 5) is 20.3. The number of carbonyl (C=O) groups is 2. The molecule has 90 valence electrons. The second-order valence-electron chi connectivity index (χ2n) is 3.01. The van der Waals surface area contributed by atoms with Gasteiger partial charge in [-0.2, -0.15) is 13.5 Å². The average Bonchev–Trinajstić information content (AvgIpc) is 2.20. The fourth-order valence-corrected chi connectivity index (χ4v) is 0.921. The number of hydrogen-bond acceptors (Lipinski definition) is 2. The van der Waals surface area contributed by atoms with Crippen molar-refractivity contribution in [2.24, 2.45) is 0 Å². The maximum atomic E-state index is 10.5. The van der Waals surface area contributed by atoms with Crippen molar-refractivity contribution >= 4 is 25.2 Å². The Bertz CT molecular complexity index is 259. The van der Waals surface area contributed by atoms with Crippen LogP contribution in [0.5, 0.6) is 0 Å². The summed E-state index contributed by atoms with van der Waals surface area (Å²) >= 11 is 0. The van der Waals surface area contributed by atoms with E-state index in [0.717, 1.165) is 6.42 Å². The Balaban J connectivity index is 0. The molecule has 1 aromatic rings. The molecule has 1 N–H and O–H groups in total. The minimum Gasteiger partial charge on any atom is -0.481 e. The molecule has 0 saturated heterocycles. The molecule has 3 nitrogen and oxygen atoms in total. The lowest BCUT2D eigenvalue weighted by Gasteiger charge is -1.90. The van der Waals surface area contributed by atoms with Gasteiger partial charge in [0.05, 0.1) is 0 Å². The molecule has 1 aromatic carbocycles. The van der Waals surface area contributed by atoms with Gasteiger partial charge in [0.2, 0.25) is 0 Å². The molecular weight excluding hydrogens is 224 g/mol. The van der Waals surface area contributed by atoms with Gasteiger partial charge in [0.25, 0.3) is 0 Å². The van der Waals surface area contributed by atoms with Crippen molar-refractivity contribution < 1.29 is 14.7 Å². The highest BCUT2D eigenvalue weighted by atomic mass is 32.1. The molecule has 0 aliphatic carbocycles. The summed E-state index contributed by atoms with van der Waals surface area (Å²) in [6.45, 7) is 1.85. The Morgan fingerprint density at radius 1 is 1.00 bits per heavy atom. The summed E-state index contributed by atoms with van der Waals surface area (Å²) in [6.07, 6.45) is 0.784. The molecule has 0 spiro atoms. The molecule has 0 unspecified atom stereocenters. The van der Waals surface area contributed by atoms with Gasteiger partial charge in [0.15, 0.2) is 0 Å². The van der Waals surface area contributed by atoms with Crippen LogP contribution in [0.15, 0.2) is 36.4 Å². The van der Waals surface area contributed by atoms with Gasteiger partial charge in [0.1, 0.15) is 12.2 Å². The van der Waals surface area contributed by atoms with Crippen LogP contribution in [0.2, 0.25) is 0 Å². The van der Waals surface area contributed by atoms with Crippen molar-refractivity contribution in [3.8, 4) is 0 Å². The van der Waals surface area contributed by atoms with Gasteiger partial charge in [-0.1, -0.05) is 43.3 Å². The molecule has 0 aliphatic rings. The lowest BCUT2D eigenvalue weighted by atomic mass is 10.2. The fourth-order valence-electron chi connectivity index (χ4n) is 0.921. The first-order valence-electron chi connectivity index (χ1n) is 4.90. The number of hydrogen-bond donors (Lipinski definition) is 1. The zero-order valence-electron chi connectivity index (χ0n) is 9.35. The van der Waals surface area contributed by atoms with E-state index in [1.54, 1.807) is 0 Å². The number of carboxylic acids is 1. The van der Waals surface area contributed by atoms with Crippen molar-refractivity contribution in [2.75, 3.05) is 0 Å². The molecule has 0 saturated carbocycles. The maximum Gasteiger partial charge on any atom is 0.310 e. The third-order valence-electron chi connectivity index (χ3n) is 1.54. The second kappa shape index (κ2) is 11.8. The van der Waals surface area contributed by atoms with E-state index >= 15 is 0 Å². The van der Waals surface area contributed by atoms with E-state index in [2.05, 4.69) is 0 Å². The Morgan fingerprint density at radius 3 is 1.62 bits per heavy atom. The van der Waals surface area contributed by atoms with Gasteiger partial charge >= 0.3 is 5.97 Å². The number of rotatable bonds is 4. The third-order valence-corrected chi connectivity index (χ3v) is 1.54. The molecule has 4 heteroatoms. The molecule has 16 heavy (non-hydrogen) atoms. The zero-order valence-corrected chi connectivity index (χ0v) is 10.3. The molecule has 0 aliphatic heterocycles. The van der Waals surface area contributed by atoms with Gasteiger partial charge in [-0.25, -0.2) is 0 Å². The van der Waals surface area contributed by atoms with Gasteiger partial charge in [-0.3, -0.25) is 9.59 Å². The van der Waals surface area contributed by atoms with Crippen LogP contribution in [0.4, 0.5) is 0 Å². The predicted molar refractivity (Wildman–Crippen MR) is 69.0 cm³/mol. The Labute approximate surface area is 103 Å². The molecule has 0 fully saturated rings. The molecule has 0 amide bonds. The highest BCUT2D eigenvalue weighted by molar-refractivity contribution is 7.59. The van der Waals surface area contributed by atoms with Crippen molar-refractivity contribution in [2.45, 2.75) is 26.2 Å². The van der Waals surface area contributed by atoms with Crippen molar-refractivity contribution in [1.29, 1.82) is 0 Å². The topological polar surface area (TPSA) is 54.4 Å². The van der Waals surface area contributed by atoms with Crippen LogP contribution in [0.1, 0.15) is 26.2 Å². The summed E-state index contributed by atoms with van der Waals surface area (Å²) in [7, 11) is 0. The Morgan fingerprint density at radius 2 is 1.38 bits per heavy atom. The van der Waals surface area contributed by atoms with Crippen LogP contribution in [0, 0.1) is 0 Å². The average molecular weight is 242 g/mol. The van der Waals surface area contributed by atoms with Gasteiger partial charge in [-0.15, -0.1) is 0 Å². The predicted octanol–water partition coefficient (Wildman–Crippen LogP) is 2.63. The molecule has 0 heterocycles. The first kappa shape index (κ1) is 17.1. The maximum absolute atomic E-state index is 10.5. The van der Waals surface area contributed by atoms with E-state index < -0.39 is 5.97 Å². The number of carboxylic acid groups (broad SMARTS) is 1. The number of aliphatic carboxylic acids is 1. The SMILES string of the molecule is CCCC(=O)CC(=O)O.S.c1ccccc1. The lowest BCUT2D eigenvalue weighted by molar-refractivity contribution is -0.140. The summed E-state index contributed by atoms with van der Waals surface area (Å²) in [6, 6.07) is 12.0. The van der Waals surface area contributed by atoms with Gasteiger partial charge < -0.3 is 5.11 Å². The molecule has 0 aromatic heterocycles. The third kappa shape index (κ3) is 12.7. The van der Waals surface area contributed by atoms with Crippen LogP contribution >= 0.6 is 13.5 Å². The highest BCUT2D eigenvalue weighted by Crippen LogP contribution is 1.92. The lowest BCUT2D eigenvalue weighted by Crippen LogP contribution is -2.05. The van der Waals surface area contributed by atoms with Crippen LogP contribution in [-0.4, -0.2) is 16.9 Å². The van der Waals surface area contributed by atoms with Crippen LogP contribution in [0.25, 0.3) is 0 Å². The van der Waals surface area contributed by atoms with Crippen molar-refractivity contribution in [3.63, 3.8) is 0 Å². The van der Waals surface area contributed by atoms with Crippen LogP contribution in [-0.2, 0) is 9.59 Å². The number of ketones is 1. The van der Waals surface area contributed by atoms with E-state index in [-0.39, 0.29) is 25.7 Å². The second-order valence-corrected chi connectivity index (χ2v) is 3.01. The minimum absolute atomic E-state index is 0. The molecule has 1 rings (SSSR count). The number of Topliss-reactive ketones (excluding diaryl/α,β-unsaturated/α-hetero) is 1. The van der Waals surface area contributed by atoms with E-state index in [0.29, 0.717) is 6.42 Å². The normalized spacial score (nSPS) is 8.06. The van der Waals surface area contributed by atoms with Gasteiger partial charge in [-0.05, 0) is 6.42 Å². The standard InChI is InChI=1S/C6H10O3.C6H6.H2S/c1-2-3-5(7)4-6(8)9;1-2-4-6-5-3-1;/h2-4H2,1H3,(H,8,9);1-6H;1H2.